The number of nitrogens with zero attached hydrogens (tertiary/aromatic N) is 4. The molecule has 6 aromatic carbocycles. The lowest BCUT2D eigenvalue weighted by molar-refractivity contribution is 0.461. The quantitative estimate of drug-likeness (QED) is 0.177. The lowest BCUT2D eigenvalue weighted by Crippen LogP contribution is -2.32. The van der Waals surface area contributed by atoms with Crippen LogP contribution in [0.3, 0.4) is 0 Å². The normalized spacial score (nSPS) is 15.6. The van der Waals surface area contributed by atoms with Crippen LogP contribution in [0.25, 0.3) is 55.6 Å². The molecule has 0 N–H and O–H groups in total. The Morgan fingerprint density at radius 2 is 1.29 bits per heavy atom. The van der Waals surface area contributed by atoms with Crippen LogP contribution in [-0.4, -0.2) is 15.0 Å². The fourth-order valence-electron chi connectivity index (χ4n) is 9.67. The average molecular weight is 775 g/mol. The Kier molecular flexibility index (Phi) is 6.77. The third-order valence-corrected chi connectivity index (χ3v) is 13.3. The van der Waals surface area contributed by atoms with Gasteiger partial charge in [0.25, 0.3) is 0 Å². The van der Waals surface area contributed by atoms with Gasteiger partial charge in [0.05, 0.1) is 33.1 Å². The molecule has 1 aliphatic carbocycles. The van der Waals surface area contributed by atoms with Crippen LogP contribution in [0.4, 0.5) is 17.1 Å². The van der Waals surface area contributed by atoms with Crippen molar-refractivity contribution in [1.82, 2.24) is 15.0 Å². The molecule has 0 fully saturated rings. The Morgan fingerprint density at radius 3 is 2.22 bits per heavy atom. The van der Waals surface area contributed by atoms with Gasteiger partial charge in [-0.25, -0.2) is 0 Å². The smallest absolute Gasteiger partial charge is 0.165 e. The second kappa shape index (κ2) is 12.3. The molecule has 276 valence electrons. The van der Waals surface area contributed by atoms with Gasteiger partial charge in [0.2, 0.25) is 0 Å². The Labute approximate surface area is 343 Å². The van der Waals surface area contributed by atoms with Crippen molar-refractivity contribution in [2.24, 2.45) is 0 Å². The topological polar surface area (TPSA) is 64.3 Å². The molecule has 1 spiro atoms. The lowest BCUT2D eigenvalue weighted by atomic mass is 9.67. The second-order valence-electron chi connectivity index (χ2n) is 15.1. The van der Waals surface area contributed by atoms with E-state index in [1.165, 1.54) is 10.5 Å². The minimum absolute atomic E-state index is 0.723. The van der Waals surface area contributed by atoms with Crippen LogP contribution in [0.15, 0.2) is 197 Å². The SMILES string of the molecule is c1ccc2c(c1)Oc1c(ccc3c1Sc1ccccc1C31c3cccnc3-c3ncc(-c4ccccc4-c4ccncc4)cc31)N2c1ccc2oc3ccccc3c2c1. The first-order chi connectivity index (χ1) is 29.3. The zero-order chi connectivity index (χ0) is 38.7. The molecule has 6 heterocycles. The zero-order valence-electron chi connectivity index (χ0n) is 31.3. The molecule has 59 heavy (non-hydrogen) atoms. The monoisotopic (exact) mass is 774 g/mol. The number of para-hydroxylation sites is 3. The molecule has 0 radical (unpaired) electrons. The number of hydrogen-bond acceptors (Lipinski definition) is 7. The Morgan fingerprint density at radius 1 is 0.525 bits per heavy atom. The summed E-state index contributed by atoms with van der Waals surface area (Å²) in [5, 5.41) is 2.17. The number of hydrogen-bond donors (Lipinski definition) is 0. The van der Waals surface area contributed by atoms with Crippen molar-refractivity contribution in [3.8, 4) is 45.1 Å². The van der Waals surface area contributed by atoms with Crippen LogP contribution >= 0.6 is 11.8 Å². The van der Waals surface area contributed by atoms with Crippen molar-refractivity contribution in [2.75, 3.05) is 4.90 Å². The first-order valence-electron chi connectivity index (χ1n) is 19.6. The molecular weight excluding hydrogens is 745 g/mol. The predicted molar refractivity (Wildman–Crippen MR) is 234 cm³/mol. The van der Waals surface area contributed by atoms with E-state index >= 15 is 0 Å². The molecule has 0 saturated heterocycles. The molecule has 10 aromatic rings. The molecule has 0 saturated carbocycles. The van der Waals surface area contributed by atoms with Crippen LogP contribution in [0, 0.1) is 0 Å². The van der Waals surface area contributed by atoms with Crippen molar-refractivity contribution in [2.45, 2.75) is 15.2 Å². The van der Waals surface area contributed by atoms with E-state index in [4.69, 9.17) is 19.1 Å². The van der Waals surface area contributed by atoms with Crippen molar-refractivity contribution in [3.63, 3.8) is 0 Å². The van der Waals surface area contributed by atoms with E-state index in [2.05, 4.69) is 149 Å². The summed E-state index contributed by atoms with van der Waals surface area (Å²) < 4.78 is 13.4. The van der Waals surface area contributed by atoms with Crippen molar-refractivity contribution in [1.29, 1.82) is 0 Å². The molecule has 1 atom stereocenters. The van der Waals surface area contributed by atoms with Gasteiger partial charge in [0, 0.05) is 57.3 Å². The van der Waals surface area contributed by atoms with Gasteiger partial charge >= 0.3 is 0 Å². The number of benzene rings is 6. The lowest BCUT2D eigenvalue weighted by Gasteiger charge is -2.42. The number of ether oxygens (including phenoxy) is 1. The van der Waals surface area contributed by atoms with Crippen LogP contribution in [-0.2, 0) is 5.41 Å². The highest BCUT2D eigenvalue weighted by molar-refractivity contribution is 7.99. The number of furan rings is 1. The fourth-order valence-corrected chi connectivity index (χ4v) is 10.9. The maximum atomic E-state index is 7.10. The van der Waals surface area contributed by atoms with E-state index in [0.717, 1.165) is 106 Å². The standard InChI is InChI=1S/C52H30N4O2S/c1-2-11-35(34(10-1)31-23-26-53-27-24-31)32-28-41-49(55-30-32)48-39(14-9-25-54-48)52(41)38-13-4-8-18-47(38)59-51-40(52)20-21-43-50(51)58-46-17-7-5-15-42(46)56(43)33-19-22-45-37(29-33)36-12-3-6-16-44(36)57-45/h1-30H. The van der Waals surface area contributed by atoms with Gasteiger partial charge in [0.15, 0.2) is 11.5 Å². The summed E-state index contributed by atoms with van der Waals surface area (Å²) in [6.45, 7) is 0. The maximum Gasteiger partial charge on any atom is 0.165 e. The highest BCUT2D eigenvalue weighted by Gasteiger charge is 2.53. The Hall–Kier alpha value is -7.48. The summed E-state index contributed by atoms with van der Waals surface area (Å²) in [6.07, 6.45) is 7.58. The summed E-state index contributed by atoms with van der Waals surface area (Å²) in [7, 11) is 0. The van der Waals surface area contributed by atoms with Gasteiger partial charge in [-0.15, -0.1) is 0 Å². The molecule has 6 nitrogen and oxygen atoms in total. The molecule has 3 aliphatic rings. The first kappa shape index (κ1) is 32.6. The third kappa shape index (κ3) is 4.50. The summed E-state index contributed by atoms with van der Waals surface area (Å²) in [5.74, 6) is 1.62. The van der Waals surface area contributed by atoms with E-state index in [0.29, 0.717) is 0 Å². The van der Waals surface area contributed by atoms with Gasteiger partial charge in [0.1, 0.15) is 11.2 Å². The highest BCUT2D eigenvalue weighted by Crippen LogP contribution is 2.66. The summed E-state index contributed by atoms with van der Waals surface area (Å²) in [4.78, 5) is 19.2. The van der Waals surface area contributed by atoms with Crippen LogP contribution < -0.4 is 9.64 Å². The number of rotatable bonds is 3. The Bertz CT molecular complexity index is 3380. The predicted octanol–water partition coefficient (Wildman–Crippen LogP) is 13.5. The van der Waals surface area contributed by atoms with Crippen molar-refractivity contribution >= 4 is 50.8 Å². The third-order valence-electron chi connectivity index (χ3n) is 12.1. The zero-order valence-corrected chi connectivity index (χ0v) is 32.2. The van der Waals surface area contributed by atoms with Crippen LogP contribution in [0.1, 0.15) is 22.3 Å². The number of pyridine rings is 3. The number of aromatic nitrogens is 3. The van der Waals surface area contributed by atoms with Crippen LogP contribution in [0.2, 0.25) is 0 Å². The molecule has 2 aliphatic heterocycles. The van der Waals surface area contributed by atoms with Gasteiger partial charge < -0.3 is 14.1 Å². The molecule has 0 amide bonds. The average Bonchev–Trinajstić information content (AvgIpc) is 3.82. The van der Waals surface area contributed by atoms with E-state index in [9.17, 15) is 0 Å². The summed E-state index contributed by atoms with van der Waals surface area (Å²) in [6, 6.07) is 55.7. The number of anilines is 3. The van der Waals surface area contributed by atoms with E-state index in [1.54, 1.807) is 11.8 Å². The minimum Gasteiger partial charge on any atom is -0.456 e. The Balaban J connectivity index is 1.07. The molecular formula is C52H30N4O2S. The molecule has 7 heteroatoms. The van der Waals surface area contributed by atoms with Gasteiger partial charge in [-0.1, -0.05) is 96.7 Å². The molecule has 1 unspecified atom stereocenters. The van der Waals surface area contributed by atoms with Gasteiger partial charge in [-0.05, 0) is 106 Å². The van der Waals surface area contributed by atoms with E-state index < -0.39 is 5.41 Å². The van der Waals surface area contributed by atoms with Crippen molar-refractivity contribution in [3.05, 3.63) is 205 Å². The summed E-state index contributed by atoms with van der Waals surface area (Å²) >= 11 is 1.77. The van der Waals surface area contributed by atoms with Crippen LogP contribution in [0.5, 0.6) is 11.5 Å². The second-order valence-corrected chi connectivity index (χ2v) is 16.2. The fraction of sp³-hybridized carbons (Fsp3) is 0.0192. The minimum atomic E-state index is -0.723. The number of fused-ring (bicyclic) bond motifs is 15. The van der Waals surface area contributed by atoms with E-state index in [1.807, 2.05) is 43.0 Å². The molecule has 0 bridgehead atoms. The van der Waals surface area contributed by atoms with Gasteiger partial charge in [-0.3, -0.25) is 15.0 Å². The maximum absolute atomic E-state index is 7.10. The molecule has 13 rings (SSSR count). The van der Waals surface area contributed by atoms with E-state index in [-0.39, 0.29) is 0 Å². The summed E-state index contributed by atoms with van der Waals surface area (Å²) in [5.41, 5.74) is 14.7. The molecule has 4 aromatic heterocycles. The first-order valence-corrected chi connectivity index (χ1v) is 20.5. The highest BCUT2D eigenvalue weighted by atomic mass is 32.2. The van der Waals surface area contributed by atoms with Crippen molar-refractivity contribution < 1.29 is 9.15 Å². The van der Waals surface area contributed by atoms with Gasteiger partial charge in [-0.2, -0.15) is 0 Å². The largest absolute Gasteiger partial charge is 0.456 e.